The smallest absolute Gasteiger partial charge is 0.264 e. The number of nitrogens with zero attached hydrogens (tertiary/aromatic N) is 1. The second-order valence-electron chi connectivity index (χ2n) is 7.68. The van der Waals surface area contributed by atoms with Gasteiger partial charge in [-0.3, -0.25) is 9.10 Å². The van der Waals surface area contributed by atoms with Gasteiger partial charge in [-0.05, 0) is 60.9 Å². The minimum absolute atomic E-state index is 0.0386. The molecule has 3 rings (SSSR count). The van der Waals surface area contributed by atoms with Gasteiger partial charge in [0.15, 0.2) is 0 Å². The van der Waals surface area contributed by atoms with Gasteiger partial charge in [0.05, 0.1) is 28.8 Å². The summed E-state index contributed by atoms with van der Waals surface area (Å²) in [6, 6.07) is 17.7. The topological polar surface area (TPSA) is 75.7 Å². The summed E-state index contributed by atoms with van der Waals surface area (Å²) in [5, 5.41) is 3.40. The van der Waals surface area contributed by atoms with Gasteiger partial charge >= 0.3 is 0 Å². The molecule has 3 aromatic rings. The molecule has 0 saturated carbocycles. The highest BCUT2D eigenvalue weighted by atomic mass is 35.5. The summed E-state index contributed by atoms with van der Waals surface area (Å²) < 4.78 is 33.3. The number of carbonyl (C=O) groups excluding carboxylic acids is 1. The number of rotatable bonds is 9. The molecule has 34 heavy (non-hydrogen) atoms. The van der Waals surface area contributed by atoms with Crippen molar-refractivity contribution in [1.29, 1.82) is 0 Å². The lowest BCUT2D eigenvalue weighted by molar-refractivity contribution is -0.120. The molecule has 0 heterocycles. The normalized spacial score (nSPS) is 12.1. The predicted octanol–water partition coefficient (Wildman–Crippen LogP) is 5.77. The number of hydrogen-bond acceptors (Lipinski definition) is 4. The third-order valence-corrected chi connectivity index (χ3v) is 7.69. The van der Waals surface area contributed by atoms with Crippen molar-refractivity contribution in [2.45, 2.75) is 31.2 Å². The molecule has 3 aromatic carbocycles. The van der Waals surface area contributed by atoms with Crippen molar-refractivity contribution in [2.75, 3.05) is 18.0 Å². The van der Waals surface area contributed by atoms with E-state index in [1.54, 1.807) is 31.4 Å². The molecule has 0 aliphatic heterocycles. The Morgan fingerprint density at radius 3 is 2.38 bits per heavy atom. The third kappa shape index (κ3) is 5.84. The van der Waals surface area contributed by atoms with E-state index in [1.807, 2.05) is 32.0 Å². The monoisotopic (exact) mass is 520 g/mol. The number of carbonyl (C=O) groups is 1. The fourth-order valence-corrected chi connectivity index (χ4v) is 5.49. The molecular formula is C25H26Cl2N2O4S. The molecule has 0 aliphatic rings. The fraction of sp³-hybridized carbons (Fsp3) is 0.240. The number of sulfonamides is 1. The van der Waals surface area contributed by atoms with Crippen molar-refractivity contribution in [1.82, 2.24) is 5.32 Å². The maximum atomic E-state index is 13.5. The van der Waals surface area contributed by atoms with Crippen molar-refractivity contribution >= 4 is 44.8 Å². The summed E-state index contributed by atoms with van der Waals surface area (Å²) >= 11 is 12.5. The van der Waals surface area contributed by atoms with E-state index in [4.69, 9.17) is 27.9 Å². The summed E-state index contributed by atoms with van der Waals surface area (Å²) in [4.78, 5) is 13.2. The van der Waals surface area contributed by atoms with Crippen LogP contribution in [0, 0.1) is 6.92 Å². The van der Waals surface area contributed by atoms with Gasteiger partial charge in [-0.2, -0.15) is 0 Å². The Bertz CT molecular complexity index is 1270. The number of benzene rings is 3. The van der Waals surface area contributed by atoms with E-state index in [0.717, 1.165) is 21.2 Å². The van der Waals surface area contributed by atoms with E-state index in [1.165, 1.54) is 24.3 Å². The lowest BCUT2D eigenvalue weighted by Gasteiger charge is -2.26. The number of methoxy groups -OCH3 is 1. The number of amides is 1. The largest absolute Gasteiger partial charge is 0.496 e. The summed E-state index contributed by atoms with van der Waals surface area (Å²) in [6.07, 6.45) is 0.612. The molecule has 0 aliphatic carbocycles. The molecule has 6 nitrogen and oxygen atoms in total. The minimum atomic E-state index is -4.10. The Hall–Kier alpha value is -2.74. The Kier molecular flexibility index (Phi) is 8.47. The van der Waals surface area contributed by atoms with E-state index in [2.05, 4.69) is 5.32 Å². The quantitative estimate of drug-likeness (QED) is 0.388. The molecule has 0 spiro atoms. The van der Waals surface area contributed by atoms with Crippen LogP contribution in [0.25, 0.3) is 0 Å². The van der Waals surface area contributed by atoms with E-state index in [-0.39, 0.29) is 21.6 Å². The SMILES string of the molecule is CCC(NC(=O)CN(c1cc(Cl)ccc1Cl)S(=O)(=O)c1ccccc1)c1ccc(OC)c(C)c1. The Morgan fingerprint density at radius 1 is 1.06 bits per heavy atom. The van der Waals surface area contributed by atoms with Gasteiger partial charge < -0.3 is 10.1 Å². The number of anilines is 1. The first-order valence-corrected chi connectivity index (χ1v) is 12.8. The van der Waals surface area contributed by atoms with Crippen LogP contribution in [-0.4, -0.2) is 28.0 Å². The summed E-state index contributed by atoms with van der Waals surface area (Å²) in [5.74, 6) is 0.275. The van der Waals surface area contributed by atoms with Gasteiger partial charge in [-0.15, -0.1) is 0 Å². The zero-order chi connectivity index (χ0) is 24.9. The molecule has 0 saturated heterocycles. The van der Waals surface area contributed by atoms with Crippen molar-refractivity contribution in [3.8, 4) is 5.75 Å². The molecule has 1 unspecified atom stereocenters. The lowest BCUT2D eigenvalue weighted by atomic mass is 10.0. The van der Waals surface area contributed by atoms with E-state index in [0.29, 0.717) is 11.4 Å². The Labute approximate surface area is 210 Å². The fourth-order valence-electron chi connectivity index (χ4n) is 3.61. The third-order valence-electron chi connectivity index (χ3n) is 5.36. The first-order valence-electron chi connectivity index (χ1n) is 10.6. The van der Waals surface area contributed by atoms with Crippen LogP contribution in [0.1, 0.15) is 30.5 Å². The number of halogens is 2. The first-order chi connectivity index (χ1) is 16.2. The molecule has 9 heteroatoms. The van der Waals surface area contributed by atoms with Gasteiger partial charge in [0, 0.05) is 5.02 Å². The zero-order valence-electron chi connectivity index (χ0n) is 19.1. The highest BCUT2D eigenvalue weighted by molar-refractivity contribution is 7.92. The maximum Gasteiger partial charge on any atom is 0.264 e. The number of aryl methyl sites for hydroxylation is 1. The molecule has 1 N–H and O–H groups in total. The zero-order valence-corrected chi connectivity index (χ0v) is 21.4. The van der Waals surface area contributed by atoms with Gasteiger partial charge in [0.2, 0.25) is 5.91 Å². The van der Waals surface area contributed by atoms with E-state index >= 15 is 0 Å². The van der Waals surface area contributed by atoms with Crippen LogP contribution in [0.4, 0.5) is 5.69 Å². The van der Waals surface area contributed by atoms with Gasteiger partial charge in [0.1, 0.15) is 12.3 Å². The maximum absolute atomic E-state index is 13.5. The molecule has 0 aromatic heterocycles. The molecule has 180 valence electrons. The summed E-state index contributed by atoms with van der Waals surface area (Å²) in [7, 11) is -2.50. The molecular weight excluding hydrogens is 495 g/mol. The Balaban J connectivity index is 1.94. The number of hydrogen-bond donors (Lipinski definition) is 1. The van der Waals surface area contributed by atoms with Crippen molar-refractivity contribution in [2.24, 2.45) is 0 Å². The second kappa shape index (κ2) is 11.1. The first kappa shape index (κ1) is 25.9. The molecule has 0 fully saturated rings. The Morgan fingerprint density at radius 2 is 1.76 bits per heavy atom. The van der Waals surface area contributed by atoms with Crippen molar-refractivity contribution in [3.05, 3.63) is 87.9 Å². The molecule has 0 radical (unpaired) electrons. The summed E-state index contributed by atoms with van der Waals surface area (Å²) in [5.41, 5.74) is 1.96. The number of ether oxygens (including phenoxy) is 1. The van der Waals surface area contributed by atoms with Crippen LogP contribution in [-0.2, 0) is 14.8 Å². The van der Waals surface area contributed by atoms with E-state index < -0.39 is 22.5 Å². The van der Waals surface area contributed by atoms with Crippen LogP contribution >= 0.6 is 23.2 Å². The molecule has 1 amide bonds. The van der Waals surface area contributed by atoms with Crippen molar-refractivity contribution in [3.63, 3.8) is 0 Å². The second-order valence-corrected chi connectivity index (χ2v) is 10.4. The standard InChI is InChI=1S/C25H26Cl2N2O4S/c1-4-22(18-10-13-24(33-3)17(2)14-18)28-25(30)16-29(23-15-19(26)11-12-21(23)27)34(31,32)20-8-6-5-7-9-20/h5-15,22H,4,16H2,1-3H3,(H,28,30). The summed E-state index contributed by atoms with van der Waals surface area (Å²) in [6.45, 7) is 3.39. The molecule has 0 bridgehead atoms. The van der Waals surface area contributed by atoms with E-state index in [9.17, 15) is 13.2 Å². The van der Waals surface area contributed by atoms with Crippen LogP contribution in [0.2, 0.25) is 10.0 Å². The predicted molar refractivity (Wildman–Crippen MR) is 136 cm³/mol. The highest BCUT2D eigenvalue weighted by Crippen LogP contribution is 2.33. The average molecular weight is 521 g/mol. The van der Waals surface area contributed by atoms with Gasteiger partial charge in [0.25, 0.3) is 10.0 Å². The van der Waals surface area contributed by atoms with Crippen LogP contribution < -0.4 is 14.4 Å². The minimum Gasteiger partial charge on any atom is -0.496 e. The van der Waals surface area contributed by atoms with Crippen LogP contribution in [0.3, 0.4) is 0 Å². The van der Waals surface area contributed by atoms with Crippen LogP contribution in [0.5, 0.6) is 5.75 Å². The molecule has 1 atom stereocenters. The highest BCUT2D eigenvalue weighted by Gasteiger charge is 2.29. The average Bonchev–Trinajstić information content (AvgIpc) is 2.83. The van der Waals surface area contributed by atoms with Crippen LogP contribution in [0.15, 0.2) is 71.6 Å². The van der Waals surface area contributed by atoms with Gasteiger partial charge in [-0.25, -0.2) is 8.42 Å². The van der Waals surface area contributed by atoms with Crippen molar-refractivity contribution < 1.29 is 17.9 Å². The van der Waals surface area contributed by atoms with Gasteiger partial charge in [-0.1, -0.05) is 60.5 Å². The number of nitrogens with one attached hydrogen (secondary N) is 1. The lowest BCUT2D eigenvalue weighted by Crippen LogP contribution is -2.42.